The molecule has 96 valence electrons. The first-order valence-corrected chi connectivity index (χ1v) is 7.35. The van der Waals surface area contributed by atoms with Crippen LogP contribution in [-0.2, 0) is 23.6 Å². The molecule has 0 saturated heterocycles. The minimum atomic E-state index is -0.972. The standard InChI is InChI=1S/C13H17N3OS/c1-3-12(11-7-5-4-6-8-11)18(17)9-13-15-14-10-16(13)2/h4-8,10,12H,3,9H2,1-2H3/t12-,18-/m0/s1. The average molecular weight is 263 g/mol. The second-order valence-corrected chi connectivity index (χ2v) is 5.81. The molecule has 0 aliphatic carbocycles. The highest BCUT2D eigenvalue weighted by molar-refractivity contribution is 7.84. The molecule has 0 unspecified atom stereocenters. The van der Waals surface area contributed by atoms with Crippen LogP contribution in [0.4, 0.5) is 0 Å². The zero-order chi connectivity index (χ0) is 13.0. The van der Waals surface area contributed by atoms with E-state index < -0.39 is 10.8 Å². The van der Waals surface area contributed by atoms with Gasteiger partial charge in [0, 0.05) is 17.8 Å². The second-order valence-electron chi connectivity index (χ2n) is 4.19. The predicted octanol–water partition coefficient (Wildman–Crippen LogP) is 2.22. The Morgan fingerprint density at radius 3 is 2.61 bits per heavy atom. The summed E-state index contributed by atoms with van der Waals surface area (Å²) >= 11 is 0. The molecule has 0 spiro atoms. The lowest BCUT2D eigenvalue weighted by Crippen LogP contribution is -2.10. The van der Waals surface area contributed by atoms with Crippen molar-refractivity contribution < 1.29 is 4.21 Å². The second kappa shape index (κ2) is 5.91. The van der Waals surface area contributed by atoms with Crippen LogP contribution >= 0.6 is 0 Å². The molecule has 0 amide bonds. The van der Waals surface area contributed by atoms with Crippen LogP contribution in [0.15, 0.2) is 36.7 Å². The van der Waals surface area contributed by atoms with Crippen molar-refractivity contribution in [2.75, 3.05) is 0 Å². The SMILES string of the molecule is CC[C@@H](c1ccccc1)[S@@](=O)Cc1nncn1C. The van der Waals surface area contributed by atoms with Gasteiger partial charge in [-0.1, -0.05) is 37.3 Å². The molecule has 0 bridgehead atoms. The van der Waals surface area contributed by atoms with E-state index in [1.165, 1.54) is 0 Å². The van der Waals surface area contributed by atoms with E-state index in [0.29, 0.717) is 5.75 Å². The van der Waals surface area contributed by atoms with Crippen molar-refractivity contribution in [3.8, 4) is 0 Å². The van der Waals surface area contributed by atoms with Crippen molar-refractivity contribution in [3.05, 3.63) is 48.0 Å². The minimum absolute atomic E-state index is 0.0582. The predicted molar refractivity (Wildman–Crippen MR) is 72.3 cm³/mol. The van der Waals surface area contributed by atoms with Gasteiger partial charge in [-0.2, -0.15) is 0 Å². The molecule has 0 saturated carbocycles. The minimum Gasteiger partial charge on any atom is -0.320 e. The summed E-state index contributed by atoms with van der Waals surface area (Å²) in [5.41, 5.74) is 1.13. The van der Waals surface area contributed by atoms with Gasteiger partial charge in [0.15, 0.2) is 0 Å². The fourth-order valence-electron chi connectivity index (χ4n) is 1.91. The monoisotopic (exact) mass is 263 g/mol. The Balaban J connectivity index is 2.14. The van der Waals surface area contributed by atoms with Crippen molar-refractivity contribution in [2.24, 2.45) is 7.05 Å². The van der Waals surface area contributed by atoms with Crippen LogP contribution in [0, 0.1) is 0 Å². The van der Waals surface area contributed by atoms with E-state index >= 15 is 0 Å². The topological polar surface area (TPSA) is 47.8 Å². The van der Waals surface area contributed by atoms with Crippen LogP contribution in [-0.4, -0.2) is 19.0 Å². The van der Waals surface area contributed by atoms with Crippen molar-refractivity contribution in [1.29, 1.82) is 0 Å². The Kier molecular flexibility index (Phi) is 4.25. The molecule has 18 heavy (non-hydrogen) atoms. The molecule has 1 aromatic carbocycles. The number of hydrogen-bond donors (Lipinski definition) is 0. The number of aryl methyl sites for hydroxylation is 1. The fraction of sp³-hybridized carbons (Fsp3) is 0.385. The summed E-state index contributed by atoms with van der Waals surface area (Å²) in [6.07, 6.45) is 2.49. The normalized spacial score (nSPS) is 14.3. The Morgan fingerprint density at radius 1 is 1.33 bits per heavy atom. The molecule has 5 heteroatoms. The fourth-order valence-corrected chi connectivity index (χ4v) is 3.46. The molecule has 1 heterocycles. The van der Waals surface area contributed by atoms with Crippen LogP contribution in [0.5, 0.6) is 0 Å². The van der Waals surface area contributed by atoms with E-state index in [2.05, 4.69) is 17.1 Å². The first kappa shape index (κ1) is 13.0. The maximum Gasteiger partial charge on any atom is 0.145 e. The molecular weight excluding hydrogens is 246 g/mol. The zero-order valence-corrected chi connectivity index (χ0v) is 11.4. The number of benzene rings is 1. The maximum absolute atomic E-state index is 12.4. The zero-order valence-electron chi connectivity index (χ0n) is 10.6. The molecule has 4 nitrogen and oxygen atoms in total. The molecule has 2 aromatic rings. The first-order chi connectivity index (χ1) is 8.72. The summed E-state index contributed by atoms with van der Waals surface area (Å²) in [7, 11) is 0.899. The number of aromatic nitrogens is 3. The first-order valence-electron chi connectivity index (χ1n) is 5.97. The van der Waals surface area contributed by atoms with Gasteiger partial charge in [-0.25, -0.2) is 0 Å². The van der Waals surface area contributed by atoms with Crippen LogP contribution in [0.2, 0.25) is 0 Å². The molecular formula is C13H17N3OS. The van der Waals surface area contributed by atoms with Gasteiger partial charge in [0.05, 0.1) is 11.0 Å². The molecule has 0 N–H and O–H groups in total. The number of nitrogens with zero attached hydrogens (tertiary/aromatic N) is 3. The van der Waals surface area contributed by atoms with Crippen molar-refractivity contribution in [2.45, 2.75) is 24.3 Å². The smallest absolute Gasteiger partial charge is 0.145 e. The average Bonchev–Trinajstić information content (AvgIpc) is 2.77. The van der Waals surface area contributed by atoms with Crippen LogP contribution in [0.25, 0.3) is 0 Å². The molecule has 0 aliphatic rings. The quantitative estimate of drug-likeness (QED) is 0.831. The molecule has 2 atom stereocenters. The van der Waals surface area contributed by atoms with E-state index in [0.717, 1.165) is 17.8 Å². The molecule has 0 fully saturated rings. The van der Waals surface area contributed by atoms with Crippen molar-refractivity contribution >= 4 is 10.8 Å². The van der Waals surface area contributed by atoms with E-state index in [9.17, 15) is 4.21 Å². The lowest BCUT2D eigenvalue weighted by atomic mass is 10.1. The lowest BCUT2D eigenvalue weighted by Gasteiger charge is -2.14. The van der Waals surface area contributed by atoms with Crippen LogP contribution in [0.1, 0.15) is 30.0 Å². The van der Waals surface area contributed by atoms with Gasteiger partial charge in [-0.05, 0) is 12.0 Å². The van der Waals surface area contributed by atoms with E-state index in [1.54, 1.807) is 6.33 Å². The van der Waals surface area contributed by atoms with Crippen molar-refractivity contribution in [1.82, 2.24) is 14.8 Å². The van der Waals surface area contributed by atoms with Crippen molar-refractivity contribution in [3.63, 3.8) is 0 Å². The molecule has 2 rings (SSSR count). The summed E-state index contributed by atoms with van der Waals surface area (Å²) in [5.74, 6) is 1.21. The highest BCUT2D eigenvalue weighted by Crippen LogP contribution is 2.24. The van der Waals surface area contributed by atoms with E-state index in [4.69, 9.17) is 0 Å². The third-order valence-corrected chi connectivity index (χ3v) is 4.72. The van der Waals surface area contributed by atoms with Gasteiger partial charge in [0.25, 0.3) is 0 Å². The summed E-state index contributed by atoms with van der Waals surface area (Å²) < 4.78 is 14.2. The van der Waals surface area contributed by atoms with E-state index in [1.807, 2.05) is 41.9 Å². The number of hydrogen-bond acceptors (Lipinski definition) is 3. The highest BCUT2D eigenvalue weighted by Gasteiger charge is 2.18. The molecule has 0 radical (unpaired) electrons. The van der Waals surface area contributed by atoms with Gasteiger partial charge in [-0.3, -0.25) is 4.21 Å². The molecule has 0 aliphatic heterocycles. The third-order valence-electron chi connectivity index (χ3n) is 2.94. The Hall–Kier alpha value is -1.49. The Labute approximate surface area is 110 Å². The van der Waals surface area contributed by atoms with Gasteiger partial charge in [-0.15, -0.1) is 10.2 Å². The largest absolute Gasteiger partial charge is 0.320 e. The van der Waals surface area contributed by atoms with Crippen LogP contribution < -0.4 is 0 Å². The van der Waals surface area contributed by atoms with Crippen LogP contribution in [0.3, 0.4) is 0 Å². The van der Waals surface area contributed by atoms with Gasteiger partial charge < -0.3 is 4.57 Å². The molecule has 1 aromatic heterocycles. The van der Waals surface area contributed by atoms with Gasteiger partial charge in [0.2, 0.25) is 0 Å². The maximum atomic E-state index is 12.4. The Morgan fingerprint density at radius 2 is 2.06 bits per heavy atom. The lowest BCUT2D eigenvalue weighted by molar-refractivity contribution is 0.664. The Bertz CT molecular complexity index is 524. The highest BCUT2D eigenvalue weighted by atomic mass is 32.2. The van der Waals surface area contributed by atoms with Gasteiger partial charge in [0.1, 0.15) is 12.2 Å². The number of rotatable bonds is 5. The van der Waals surface area contributed by atoms with Gasteiger partial charge >= 0.3 is 0 Å². The summed E-state index contributed by atoms with van der Waals surface area (Å²) in [5, 5.41) is 7.86. The summed E-state index contributed by atoms with van der Waals surface area (Å²) in [4.78, 5) is 0. The summed E-state index contributed by atoms with van der Waals surface area (Å²) in [6.45, 7) is 2.06. The summed E-state index contributed by atoms with van der Waals surface area (Å²) in [6, 6.07) is 10.0. The third kappa shape index (κ3) is 2.85. The van der Waals surface area contributed by atoms with E-state index in [-0.39, 0.29) is 5.25 Å².